The van der Waals surface area contributed by atoms with Gasteiger partial charge < -0.3 is 5.73 Å². The zero-order chi connectivity index (χ0) is 11.5. The maximum absolute atomic E-state index is 5.84. The van der Waals surface area contributed by atoms with Gasteiger partial charge in [0.15, 0.2) is 0 Å². The number of hydrogen-bond donors (Lipinski definition) is 1. The molecule has 0 aliphatic carbocycles. The highest BCUT2D eigenvalue weighted by Crippen LogP contribution is 2.23. The van der Waals surface area contributed by atoms with Crippen LogP contribution in [0.4, 0.5) is 5.69 Å². The minimum absolute atomic E-state index is 0.843. The molecule has 1 fully saturated rings. The van der Waals surface area contributed by atoms with Crippen LogP contribution >= 0.6 is 15.9 Å². The van der Waals surface area contributed by atoms with Gasteiger partial charge in [-0.1, -0.05) is 29.3 Å². The third-order valence-corrected chi connectivity index (χ3v) is 3.79. The summed E-state index contributed by atoms with van der Waals surface area (Å²) in [5.41, 5.74) is 7.99. The number of benzene rings is 1. The Kier molecular flexibility index (Phi) is 3.87. The third kappa shape index (κ3) is 2.98. The number of nitrogens with zero attached hydrogens (tertiary/aromatic N) is 1. The van der Waals surface area contributed by atoms with Crippen LogP contribution in [0, 0.1) is 5.92 Å². The molecule has 2 N–H and O–H groups in total. The van der Waals surface area contributed by atoms with Crippen LogP contribution in [-0.4, -0.2) is 18.0 Å². The lowest BCUT2D eigenvalue weighted by Crippen LogP contribution is -2.20. The largest absolute Gasteiger partial charge is 0.399 e. The van der Waals surface area contributed by atoms with Crippen LogP contribution in [0.1, 0.15) is 25.3 Å². The summed E-state index contributed by atoms with van der Waals surface area (Å²) in [5, 5.41) is 0. The Balaban J connectivity index is 1.99. The van der Waals surface area contributed by atoms with Crippen molar-refractivity contribution in [2.24, 2.45) is 5.92 Å². The van der Waals surface area contributed by atoms with Crippen molar-refractivity contribution in [3.8, 4) is 0 Å². The lowest BCUT2D eigenvalue weighted by molar-refractivity contribution is 0.315. The van der Waals surface area contributed by atoms with E-state index in [1.54, 1.807) is 0 Å². The summed E-state index contributed by atoms with van der Waals surface area (Å²) in [7, 11) is 0. The topological polar surface area (TPSA) is 29.3 Å². The molecule has 0 aromatic heterocycles. The van der Waals surface area contributed by atoms with Crippen LogP contribution in [0.25, 0.3) is 0 Å². The molecule has 0 saturated carbocycles. The van der Waals surface area contributed by atoms with Gasteiger partial charge in [-0.3, -0.25) is 4.90 Å². The summed E-state index contributed by atoms with van der Waals surface area (Å²) in [6, 6.07) is 6.18. The predicted molar refractivity (Wildman–Crippen MR) is 72.2 cm³/mol. The van der Waals surface area contributed by atoms with Crippen LogP contribution in [-0.2, 0) is 6.54 Å². The first-order valence-corrected chi connectivity index (χ1v) is 6.74. The maximum Gasteiger partial charge on any atom is 0.0328 e. The first kappa shape index (κ1) is 11.9. The van der Waals surface area contributed by atoms with Crippen LogP contribution in [0.15, 0.2) is 22.7 Å². The van der Waals surface area contributed by atoms with Gasteiger partial charge in [0.25, 0.3) is 0 Å². The quantitative estimate of drug-likeness (QED) is 0.863. The van der Waals surface area contributed by atoms with E-state index in [0.29, 0.717) is 0 Å². The van der Waals surface area contributed by atoms with Crippen molar-refractivity contribution in [1.82, 2.24) is 4.90 Å². The molecule has 1 heterocycles. The van der Waals surface area contributed by atoms with Crippen LogP contribution in [0.3, 0.4) is 0 Å². The second-order valence-corrected chi connectivity index (χ2v) is 5.61. The second-order valence-electron chi connectivity index (χ2n) is 4.69. The van der Waals surface area contributed by atoms with E-state index in [1.807, 2.05) is 6.07 Å². The summed E-state index contributed by atoms with van der Waals surface area (Å²) in [5.74, 6) is 0.893. The summed E-state index contributed by atoms with van der Waals surface area (Å²) in [6.45, 7) is 5.78. The molecule has 0 radical (unpaired) electrons. The van der Waals surface area contributed by atoms with Gasteiger partial charge in [0.05, 0.1) is 0 Å². The molecule has 1 unspecified atom stereocenters. The van der Waals surface area contributed by atoms with Gasteiger partial charge in [-0.05, 0) is 42.6 Å². The third-order valence-electron chi connectivity index (χ3n) is 3.33. The molecule has 1 saturated heterocycles. The molecular formula is C13H19BrN2. The molecule has 0 bridgehead atoms. The smallest absolute Gasteiger partial charge is 0.0328 e. The Morgan fingerprint density at radius 3 is 2.88 bits per heavy atom. The van der Waals surface area contributed by atoms with Gasteiger partial charge in [0.1, 0.15) is 0 Å². The molecular weight excluding hydrogens is 264 g/mol. The Hall–Kier alpha value is -0.540. The Morgan fingerprint density at radius 1 is 1.44 bits per heavy atom. The molecule has 3 heteroatoms. The number of anilines is 1. The van der Waals surface area contributed by atoms with Crippen LogP contribution in [0.5, 0.6) is 0 Å². The van der Waals surface area contributed by atoms with E-state index in [9.17, 15) is 0 Å². The summed E-state index contributed by atoms with van der Waals surface area (Å²) in [4.78, 5) is 2.52. The lowest BCUT2D eigenvalue weighted by Gasteiger charge is -2.16. The fourth-order valence-electron chi connectivity index (χ4n) is 2.41. The van der Waals surface area contributed by atoms with Crippen molar-refractivity contribution in [1.29, 1.82) is 0 Å². The van der Waals surface area contributed by atoms with Crippen molar-refractivity contribution in [3.63, 3.8) is 0 Å². The lowest BCUT2D eigenvalue weighted by atomic mass is 10.1. The van der Waals surface area contributed by atoms with Crippen molar-refractivity contribution in [3.05, 3.63) is 28.2 Å². The minimum atomic E-state index is 0.843. The van der Waals surface area contributed by atoms with Crippen molar-refractivity contribution >= 4 is 21.6 Å². The zero-order valence-electron chi connectivity index (χ0n) is 9.75. The summed E-state index contributed by atoms with van der Waals surface area (Å²) < 4.78 is 1.08. The number of halogens is 1. The number of nitrogens with two attached hydrogens (primary N) is 1. The zero-order valence-corrected chi connectivity index (χ0v) is 11.3. The molecule has 16 heavy (non-hydrogen) atoms. The number of likely N-dealkylation sites (tertiary alicyclic amines) is 1. The van der Waals surface area contributed by atoms with Crippen molar-refractivity contribution in [2.75, 3.05) is 18.8 Å². The molecule has 1 aliphatic heterocycles. The highest BCUT2D eigenvalue weighted by Gasteiger charge is 2.20. The highest BCUT2D eigenvalue weighted by atomic mass is 79.9. The molecule has 1 aliphatic rings. The van der Waals surface area contributed by atoms with Gasteiger partial charge in [-0.2, -0.15) is 0 Å². The van der Waals surface area contributed by atoms with Gasteiger partial charge in [0.2, 0.25) is 0 Å². The first-order valence-electron chi connectivity index (χ1n) is 5.94. The maximum atomic E-state index is 5.84. The highest BCUT2D eigenvalue weighted by molar-refractivity contribution is 9.10. The van der Waals surface area contributed by atoms with Gasteiger partial charge in [-0.25, -0.2) is 0 Å². The van der Waals surface area contributed by atoms with Crippen LogP contribution in [0.2, 0.25) is 0 Å². The summed E-state index contributed by atoms with van der Waals surface area (Å²) >= 11 is 3.49. The number of hydrogen-bond acceptors (Lipinski definition) is 2. The Morgan fingerprint density at radius 2 is 2.25 bits per heavy atom. The number of nitrogen functional groups attached to an aromatic ring is 1. The minimum Gasteiger partial charge on any atom is -0.399 e. The monoisotopic (exact) mass is 282 g/mol. The second kappa shape index (κ2) is 5.19. The average molecular weight is 283 g/mol. The fraction of sp³-hybridized carbons (Fsp3) is 0.538. The predicted octanol–water partition coefficient (Wildman–Crippen LogP) is 3.26. The Labute approximate surface area is 106 Å². The average Bonchev–Trinajstić information content (AvgIpc) is 2.64. The van der Waals surface area contributed by atoms with Gasteiger partial charge in [0, 0.05) is 23.2 Å². The molecule has 2 nitrogen and oxygen atoms in total. The normalized spacial score (nSPS) is 21.5. The molecule has 88 valence electrons. The van der Waals surface area contributed by atoms with Gasteiger partial charge in [-0.15, -0.1) is 0 Å². The van der Waals surface area contributed by atoms with Crippen LogP contribution < -0.4 is 5.73 Å². The molecule has 2 rings (SSSR count). The van der Waals surface area contributed by atoms with E-state index in [0.717, 1.165) is 22.6 Å². The molecule has 0 spiro atoms. The van der Waals surface area contributed by atoms with Crippen molar-refractivity contribution < 1.29 is 0 Å². The van der Waals surface area contributed by atoms with Gasteiger partial charge >= 0.3 is 0 Å². The standard InChI is InChI=1S/C13H19BrN2/c1-2-10-3-4-16(8-10)9-11-5-12(14)7-13(15)6-11/h5-7,10H,2-4,8-9,15H2,1H3. The van der Waals surface area contributed by atoms with E-state index in [-0.39, 0.29) is 0 Å². The first-order chi connectivity index (χ1) is 7.67. The van der Waals surface area contributed by atoms with E-state index in [2.05, 4.69) is 39.9 Å². The fourth-order valence-corrected chi connectivity index (χ4v) is 2.97. The molecule has 1 aromatic rings. The molecule has 1 aromatic carbocycles. The summed E-state index contributed by atoms with van der Waals surface area (Å²) in [6.07, 6.45) is 2.65. The van der Waals surface area contributed by atoms with Crippen molar-refractivity contribution in [2.45, 2.75) is 26.3 Å². The SMILES string of the molecule is CCC1CCN(Cc2cc(N)cc(Br)c2)C1. The molecule has 1 atom stereocenters. The van der Waals surface area contributed by atoms with E-state index >= 15 is 0 Å². The van der Waals surface area contributed by atoms with E-state index in [1.165, 1.54) is 31.5 Å². The number of rotatable bonds is 3. The Bertz CT molecular complexity index is 345. The van der Waals surface area contributed by atoms with E-state index in [4.69, 9.17) is 5.73 Å². The van der Waals surface area contributed by atoms with E-state index < -0.39 is 0 Å². The molecule has 0 amide bonds.